The first kappa shape index (κ1) is 62.2. The lowest BCUT2D eigenvalue weighted by molar-refractivity contribution is 0.568. The van der Waals surface area contributed by atoms with Gasteiger partial charge in [0.1, 0.15) is 0 Å². The van der Waals surface area contributed by atoms with E-state index in [-0.39, 0.29) is 65.3 Å². The van der Waals surface area contributed by atoms with Crippen molar-refractivity contribution in [2.75, 3.05) is 9.80 Å². The van der Waals surface area contributed by atoms with Gasteiger partial charge in [-0.15, -0.1) is 0 Å². The molecule has 17 aromatic carbocycles. The molecule has 25 rings (SSSR count). The monoisotopic (exact) mass is 1670 g/mol. The molecule has 2 aliphatic heterocycles. The van der Waals surface area contributed by atoms with Crippen LogP contribution in [0.25, 0.3) is 122 Å². The van der Waals surface area contributed by atoms with Gasteiger partial charge in [0, 0.05) is 66.8 Å². The van der Waals surface area contributed by atoms with E-state index in [0.29, 0.717) is 22.7 Å². The molecule has 19 aromatic rings. The van der Waals surface area contributed by atoms with Gasteiger partial charge in [-0.2, -0.15) is 0 Å². The molecule has 0 fully saturated rings. The lowest BCUT2D eigenvalue weighted by atomic mass is 9.33. The highest BCUT2D eigenvalue weighted by Crippen LogP contribution is 2.68. The summed E-state index contributed by atoms with van der Waals surface area (Å²) in [5, 5.41) is -0.277. The van der Waals surface area contributed by atoms with Crippen molar-refractivity contribution in [2.45, 2.75) is 142 Å². The van der Waals surface area contributed by atoms with Gasteiger partial charge in [0.25, 0.3) is 6.71 Å². The van der Waals surface area contributed by atoms with Crippen LogP contribution in [0, 0.1) is 0 Å². The highest BCUT2D eigenvalue weighted by atomic mass is 15.2. The molecule has 0 amide bonds. The summed E-state index contributed by atoms with van der Waals surface area (Å²) < 4.78 is 158. The topological polar surface area (TPSA) is 16.3 Å². The second-order valence-electron chi connectivity index (χ2n) is 41.5. The lowest BCUT2D eigenvalue weighted by Gasteiger charge is -2.46. The maximum atomic E-state index is 10.1. The molecule has 0 atom stereocenters. The van der Waals surface area contributed by atoms with Crippen LogP contribution in [0.1, 0.15) is 198 Å². The van der Waals surface area contributed by atoms with Crippen LogP contribution >= 0.6 is 0 Å². The van der Waals surface area contributed by atoms with Gasteiger partial charge in [-0.1, -0.05) is 370 Å². The molecule has 0 bridgehead atoms. The molecule has 0 radical (unpaired) electrons. The van der Waals surface area contributed by atoms with E-state index in [9.17, 15) is 21.9 Å². The SMILES string of the molecule is [2H]c1c([2H])c([2H])c2c(c1[2H])c1c([2H])c([2H])c([2H])c([2H])c1n2-c1ccc2c(c1)N(c1cccc3c1-c1cc(-c4cc(C(C)(C)C)cc(C(C)(C)C)c4)ccc1C31c3ccccc3-c3ccccc31)c1cc(C(C)(C)C)cc3c1B2c1ccc(-n2c4c([2H])c([2H])c([2H])c([2H])c4c4c([2H])c([2H])c([2H])c([2H])c42)cc1N3c1cccc2c1-c1cc(-c3cc(C(C)(C)C)cc(C(C)(C)C)c3)ccc1C21c2ccccc2-c2ccccc21. The van der Waals surface area contributed by atoms with Crippen molar-refractivity contribution in [1.82, 2.24) is 9.13 Å². The predicted molar refractivity (Wildman–Crippen MR) is 546 cm³/mol. The lowest BCUT2D eigenvalue weighted by Crippen LogP contribution is -2.61. The summed E-state index contributed by atoms with van der Waals surface area (Å²) in [6.45, 7) is 33.1. The molecule has 4 heterocycles. The van der Waals surface area contributed by atoms with E-state index < -0.39 is 120 Å². The van der Waals surface area contributed by atoms with Crippen LogP contribution in [-0.4, -0.2) is 15.8 Å². The minimum atomic E-state index is -0.930. The molecule has 5 heteroatoms. The summed E-state index contributed by atoms with van der Waals surface area (Å²) in [6, 6.07) is 85.5. The molecule has 0 saturated carbocycles. The Morgan fingerprint density at radius 1 is 0.240 bits per heavy atom. The van der Waals surface area contributed by atoms with Gasteiger partial charge in [-0.25, -0.2) is 0 Å². The standard InChI is InChI=1S/C124H103BN4/c1-118(2,3)78-62-76(63-79(68-78)119(4,5)6)74-54-58-99-93(66-74)115-101(123(99)95-42-24-16-34-85(95)86-35-17-25-43-96(86)123)46-32-52-109(115)128-111-72-83(126-105-48-28-20-38-89(105)90-39-21-29-49-106(90)126)56-60-103(111)125-104-61-57-84(127-107-50-30-22-40-91(107)92-41-23-31-51-108(92)127)73-112(104)129(114-71-82(122(13,14)15)70-113(128)117(114)125)110-53-33-47-102-116(110)94-67-75(77-64-80(120(7,8)9)69-81(65-77)121(10,11)12)55-59-100(94)124(102)97-44-26-18-36-87(97)88-37-19-27-45-98(88)124/h16-73H,1-15H3/i20D,21D,22D,23D,28D,29D,30D,31D,38D,39D,40D,41D,48D,49D,50D,51D. The summed E-state index contributed by atoms with van der Waals surface area (Å²) in [7, 11) is 0. The van der Waals surface area contributed by atoms with Crippen LogP contribution in [-0.2, 0) is 37.9 Å². The van der Waals surface area contributed by atoms with Crippen molar-refractivity contribution in [2.24, 2.45) is 0 Å². The van der Waals surface area contributed by atoms with Crippen LogP contribution < -0.4 is 26.2 Å². The van der Waals surface area contributed by atoms with E-state index in [4.69, 9.17) is 0 Å². The van der Waals surface area contributed by atoms with Crippen molar-refractivity contribution in [3.8, 4) is 78.1 Å². The Balaban J connectivity index is 0.861. The first-order valence-corrected chi connectivity index (χ1v) is 45.2. The van der Waals surface area contributed by atoms with Gasteiger partial charge < -0.3 is 18.9 Å². The first-order chi connectivity index (χ1) is 68.8. The molecule has 129 heavy (non-hydrogen) atoms. The zero-order chi connectivity index (χ0) is 102. The fraction of sp³-hybridized carbons (Fsp3) is 0.177. The molecule has 0 saturated heterocycles. The third-order valence-corrected chi connectivity index (χ3v) is 29.1. The number of benzene rings is 17. The fourth-order valence-electron chi connectivity index (χ4n) is 23.0. The Labute approximate surface area is 781 Å². The average molecular weight is 1680 g/mol. The zero-order valence-corrected chi connectivity index (χ0v) is 75.1. The number of anilines is 6. The van der Waals surface area contributed by atoms with E-state index in [1.165, 1.54) is 22.3 Å². The normalized spacial score (nSPS) is 16.3. The summed E-state index contributed by atoms with van der Waals surface area (Å²) in [6.07, 6.45) is 0. The molecule has 4 nitrogen and oxygen atoms in total. The molecular formula is C124H103BN4. The summed E-state index contributed by atoms with van der Waals surface area (Å²) in [5.41, 5.74) is 30.5. The number of fused-ring (bicyclic) bond motifs is 30. The minimum absolute atomic E-state index is 0.0461. The number of aromatic nitrogens is 2. The number of para-hydroxylation sites is 4. The smallest absolute Gasteiger partial charge is 0.252 e. The molecule has 6 aliphatic rings. The van der Waals surface area contributed by atoms with Gasteiger partial charge >= 0.3 is 0 Å². The maximum absolute atomic E-state index is 10.1. The Kier molecular flexibility index (Phi) is 12.9. The van der Waals surface area contributed by atoms with Crippen LogP contribution in [0.5, 0.6) is 0 Å². The average Bonchev–Trinajstić information content (AvgIpc) is 1.52. The van der Waals surface area contributed by atoms with E-state index in [2.05, 4.69) is 344 Å². The van der Waals surface area contributed by atoms with Crippen molar-refractivity contribution in [3.05, 3.63) is 424 Å². The predicted octanol–water partition coefficient (Wildman–Crippen LogP) is 30.5. The Bertz CT molecular complexity index is 8340. The Morgan fingerprint density at radius 3 is 0.860 bits per heavy atom. The number of rotatable bonds is 6. The van der Waals surface area contributed by atoms with Crippen molar-refractivity contribution < 1.29 is 21.9 Å². The molecule has 2 spiro atoms. The number of hydrogen-bond donors (Lipinski definition) is 0. The second-order valence-corrected chi connectivity index (χ2v) is 41.5. The number of hydrogen-bond acceptors (Lipinski definition) is 2. The van der Waals surface area contributed by atoms with E-state index in [0.717, 1.165) is 156 Å². The molecule has 2 aromatic heterocycles. The summed E-state index contributed by atoms with van der Waals surface area (Å²) in [4.78, 5) is 4.82. The Hall–Kier alpha value is -14.0. The van der Waals surface area contributed by atoms with Crippen LogP contribution in [0.4, 0.5) is 34.1 Å². The summed E-state index contributed by atoms with van der Waals surface area (Å²) in [5.74, 6) is 0. The van der Waals surface area contributed by atoms with E-state index >= 15 is 0 Å². The third kappa shape index (κ3) is 10.8. The van der Waals surface area contributed by atoms with Gasteiger partial charge in [0.05, 0.1) is 66.2 Å². The highest BCUT2D eigenvalue weighted by molar-refractivity contribution is 7.00. The maximum Gasteiger partial charge on any atom is 0.252 e. The molecule has 622 valence electrons. The largest absolute Gasteiger partial charge is 0.311 e. The van der Waals surface area contributed by atoms with Crippen molar-refractivity contribution >= 4 is 101 Å². The molecular weight excluding hydrogens is 1560 g/mol. The van der Waals surface area contributed by atoms with Crippen LogP contribution in [0.15, 0.2) is 351 Å². The summed E-state index contributed by atoms with van der Waals surface area (Å²) >= 11 is 0. The zero-order valence-electron chi connectivity index (χ0n) is 91.1. The van der Waals surface area contributed by atoms with Gasteiger partial charge in [0.15, 0.2) is 0 Å². The Morgan fingerprint density at radius 2 is 0.535 bits per heavy atom. The third-order valence-electron chi connectivity index (χ3n) is 29.1. The first-order valence-electron chi connectivity index (χ1n) is 53.2. The molecule has 4 aliphatic carbocycles. The van der Waals surface area contributed by atoms with Crippen LogP contribution in [0.3, 0.4) is 0 Å². The minimum Gasteiger partial charge on any atom is -0.311 e. The quantitative estimate of drug-likeness (QED) is 0.154. The van der Waals surface area contributed by atoms with Gasteiger partial charge in [0.2, 0.25) is 0 Å². The van der Waals surface area contributed by atoms with Crippen LogP contribution in [0.2, 0.25) is 0 Å². The van der Waals surface area contributed by atoms with Crippen molar-refractivity contribution in [3.63, 3.8) is 0 Å². The van der Waals surface area contributed by atoms with E-state index in [1.807, 2.05) is 24.3 Å². The van der Waals surface area contributed by atoms with Crippen molar-refractivity contribution in [1.29, 1.82) is 0 Å². The highest BCUT2D eigenvalue weighted by Gasteiger charge is 2.56. The molecule has 0 N–H and O–H groups in total. The number of nitrogens with zero attached hydrogens (tertiary/aromatic N) is 4. The second kappa shape index (κ2) is 26.8. The fourth-order valence-corrected chi connectivity index (χ4v) is 23.0. The van der Waals surface area contributed by atoms with E-state index in [1.54, 1.807) is 9.13 Å². The van der Waals surface area contributed by atoms with Gasteiger partial charge in [-0.05, 0) is 256 Å². The van der Waals surface area contributed by atoms with Gasteiger partial charge in [-0.3, -0.25) is 0 Å². The molecule has 0 unspecified atom stereocenters.